The smallest absolute Gasteiger partial charge is 0.204 e. The monoisotopic (exact) mass is 351 g/mol. The summed E-state index contributed by atoms with van der Waals surface area (Å²) in [6.07, 6.45) is 0.468. The van der Waals surface area contributed by atoms with Crippen molar-refractivity contribution in [2.75, 3.05) is 19.8 Å². The SMILES string of the molecule is Oc1ccc(CN2CCc3c([nH]c4ccccc34)C2)nc1C1OCCO1. The predicted molar refractivity (Wildman–Crippen MR) is 96.7 cm³/mol. The zero-order valence-electron chi connectivity index (χ0n) is 14.4. The van der Waals surface area contributed by atoms with Gasteiger partial charge in [-0.25, -0.2) is 4.98 Å². The Morgan fingerprint density at radius 3 is 2.88 bits per heavy atom. The second-order valence-corrected chi connectivity index (χ2v) is 6.87. The highest BCUT2D eigenvalue weighted by atomic mass is 16.7. The minimum Gasteiger partial charge on any atom is -0.506 e. The number of ether oxygens (including phenoxy) is 2. The zero-order valence-corrected chi connectivity index (χ0v) is 14.4. The lowest BCUT2D eigenvalue weighted by atomic mass is 10.0. The van der Waals surface area contributed by atoms with Crippen LogP contribution in [0.2, 0.25) is 0 Å². The van der Waals surface area contributed by atoms with Crippen LogP contribution in [-0.4, -0.2) is 39.7 Å². The summed E-state index contributed by atoms with van der Waals surface area (Å²) >= 11 is 0. The molecule has 0 amide bonds. The number of benzene rings is 1. The number of H-pyrrole nitrogens is 1. The van der Waals surface area contributed by atoms with Gasteiger partial charge in [0.2, 0.25) is 6.29 Å². The zero-order chi connectivity index (χ0) is 17.5. The molecule has 2 aliphatic heterocycles. The first-order chi connectivity index (χ1) is 12.8. The van der Waals surface area contributed by atoms with Crippen molar-refractivity contribution in [3.8, 4) is 5.75 Å². The highest BCUT2D eigenvalue weighted by molar-refractivity contribution is 5.84. The third-order valence-electron chi connectivity index (χ3n) is 5.15. The van der Waals surface area contributed by atoms with Gasteiger partial charge in [-0.05, 0) is 30.2 Å². The highest BCUT2D eigenvalue weighted by Gasteiger charge is 2.25. The molecule has 0 aliphatic carbocycles. The molecule has 1 saturated heterocycles. The molecule has 0 unspecified atom stereocenters. The number of rotatable bonds is 3. The summed E-state index contributed by atoms with van der Waals surface area (Å²) in [5.74, 6) is 0.122. The maximum absolute atomic E-state index is 10.1. The average Bonchev–Trinajstić information content (AvgIpc) is 3.30. The lowest BCUT2D eigenvalue weighted by molar-refractivity contribution is -0.0489. The van der Waals surface area contributed by atoms with E-state index in [-0.39, 0.29) is 5.75 Å². The number of nitrogens with one attached hydrogen (secondary N) is 1. The van der Waals surface area contributed by atoms with Crippen LogP contribution in [0.25, 0.3) is 10.9 Å². The lowest BCUT2D eigenvalue weighted by Crippen LogP contribution is -2.30. The van der Waals surface area contributed by atoms with Gasteiger partial charge in [-0.15, -0.1) is 0 Å². The second kappa shape index (κ2) is 6.39. The Kier molecular flexibility index (Phi) is 3.89. The molecule has 6 nitrogen and oxygen atoms in total. The molecule has 3 aromatic rings. The molecule has 1 aromatic carbocycles. The molecule has 6 heteroatoms. The first-order valence-corrected chi connectivity index (χ1v) is 9.01. The van der Waals surface area contributed by atoms with Crippen molar-refractivity contribution in [2.24, 2.45) is 0 Å². The number of aromatic nitrogens is 2. The maximum Gasteiger partial charge on any atom is 0.204 e. The summed E-state index contributed by atoms with van der Waals surface area (Å²) in [5, 5.41) is 11.4. The van der Waals surface area contributed by atoms with E-state index in [0.29, 0.717) is 18.9 Å². The molecule has 5 rings (SSSR count). The Morgan fingerprint density at radius 1 is 1.15 bits per heavy atom. The van der Waals surface area contributed by atoms with Crippen molar-refractivity contribution in [1.82, 2.24) is 14.9 Å². The topological polar surface area (TPSA) is 70.6 Å². The van der Waals surface area contributed by atoms with Gasteiger partial charge in [-0.2, -0.15) is 0 Å². The number of hydrogen-bond acceptors (Lipinski definition) is 5. The molecule has 2 aliphatic rings. The maximum atomic E-state index is 10.1. The lowest BCUT2D eigenvalue weighted by Gasteiger charge is -2.26. The van der Waals surface area contributed by atoms with Gasteiger partial charge in [0, 0.05) is 36.2 Å². The molecule has 26 heavy (non-hydrogen) atoms. The molecule has 0 radical (unpaired) electrons. The Labute approximate surface area is 151 Å². The number of para-hydroxylation sites is 1. The Bertz CT molecular complexity index is 947. The van der Waals surface area contributed by atoms with E-state index < -0.39 is 6.29 Å². The van der Waals surface area contributed by atoms with Crippen LogP contribution in [0.1, 0.15) is 28.9 Å². The van der Waals surface area contributed by atoms with E-state index in [4.69, 9.17) is 9.47 Å². The highest BCUT2D eigenvalue weighted by Crippen LogP contribution is 2.30. The molecule has 0 saturated carbocycles. The van der Waals surface area contributed by atoms with Crippen molar-refractivity contribution in [3.05, 3.63) is 59.0 Å². The predicted octanol–water partition coefficient (Wildman–Crippen LogP) is 2.87. The minimum absolute atomic E-state index is 0.122. The number of fused-ring (bicyclic) bond motifs is 3. The van der Waals surface area contributed by atoms with Crippen LogP contribution in [0.15, 0.2) is 36.4 Å². The van der Waals surface area contributed by atoms with Crippen molar-refractivity contribution < 1.29 is 14.6 Å². The second-order valence-electron chi connectivity index (χ2n) is 6.87. The van der Waals surface area contributed by atoms with Crippen LogP contribution < -0.4 is 0 Å². The fraction of sp³-hybridized carbons (Fsp3) is 0.350. The van der Waals surface area contributed by atoms with Crippen molar-refractivity contribution in [2.45, 2.75) is 25.8 Å². The van der Waals surface area contributed by atoms with Crippen LogP contribution in [0.3, 0.4) is 0 Å². The Balaban J connectivity index is 1.36. The van der Waals surface area contributed by atoms with Crippen molar-refractivity contribution in [1.29, 1.82) is 0 Å². The van der Waals surface area contributed by atoms with E-state index in [1.165, 1.54) is 22.2 Å². The minimum atomic E-state index is -0.559. The number of nitrogens with zero attached hydrogens (tertiary/aromatic N) is 2. The number of aromatic hydroxyl groups is 1. The fourth-order valence-corrected chi connectivity index (χ4v) is 3.90. The van der Waals surface area contributed by atoms with Crippen LogP contribution in [-0.2, 0) is 29.0 Å². The van der Waals surface area contributed by atoms with E-state index >= 15 is 0 Å². The molecule has 0 spiro atoms. The molecule has 2 aromatic heterocycles. The first-order valence-electron chi connectivity index (χ1n) is 9.01. The first kappa shape index (κ1) is 15.8. The van der Waals surface area contributed by atoms with Gasteiger partial charge in [0.05, 0.1) is 18.9 Å². The molecule has 1 fully saturated rings. The average molecular weight is 351 g/mol. The van der Waals surface area contributed by atoms with Gasteiger partial charge in [0.15, 0.2) is 0 Å². The van der Waals surface area contributed by atoms with Crippen LogP contribution in [0, 0.1) is 0 Å². The van der Waals surface area contributed by atoms with E-state index in [2.05, 4.69) is 39.1 Å². The molecule has 2 N–H and O–H groups in total. The molecular weight excluding hydrogens is 330 g/mol. The summed E-state index contributed by atoms with van der Waals surface area (Å²) in [6.45, 7) is 3.66. The molecular formula is C20H21N3O3. The molecule has 0 atom stereocenters. The third kappa shape index (κ3) is 2.76. The normalized spacial score (nSPS) is 18.5. The van der Waals surface area contributed by atoms with Crippen LogP contribution in [0.5, 0.6) is 5.75 Å². The van der Waals surface area contributed by atoms with Gasteiger partial charge in [-0.1, -0.05) is 18.2 Å². The summed E-state index contributed by atoms with van der Waals surface area (Å²) in [7, 11) is 0. The van der Waals surface area contributed by atoms with E-state index in [1.54, 1.807) is 6.07 Å². The van der Waals surface area contributed by atoms with Gasteiger partial charge in [0.25, 0.3) is 0 Å². The standard InChI is InChI=1S/C20H21N3O3/c24-18-6-5-13(21-19(18)20-25-9-10-26-20)11-23-8-7-15-14-3-1-2-4-16(14)22-17(15)12-23/h1-6,20,22,24H,7-12H2. The summed E-state index contributed by atoms with van der Waals surface area (Å²) in [6, 6.07) is 12.0. The van der Waals surface area contributed by atoms with E-state index in [9.17, 15) is 5.11 Å². The Morgan fingerprint density at radius 2 is 2.00 bits per heavy atom. The van der Waals surface area contributed by atoms with Gasteiger partial charge in [0.1, 0.15) is 11.4 Å². The largest absolute Gasteiger partial charge is 0.506 e. The van der Waals surface area contributed by atoms with Gasteiger partial charge >= 0.3 is 0 Å². The molecule has 4 heterocycles. The van der Waals surface area contributed by atoms with Crippen LogP contribution in [0.4, 0.5) is 0 Å². The van der Waals surface area contributed by atoms with Gasteiger partial charge < -0.3 is 19.6 Å². The number of aromatic amines is 1. The van der Waals surface area contributed by atoms with Crippen molar-refractivity contribution >= 4 is 10.9 Å². The Hall–Kier alpha value is -2.41. The molecule has 134 valence electrons. The third-order valence-corrected chi connectivity index (χ3v) is 5.15. The summed E-state index contributed by atoms with van der Waals surface area (Å²) in [4.78, 5) is 10.5. The quantitative estimate of drug-likeness (QED) is 0.759. The fourth-order valence-electron chi connectivity index (χ4n) is 3.90. The van der Waals surface area contributed by atoms with Gasteiger partial charge in [-0.3, -0.25) is 4.90 Å². The van der Waals surface area contributed by atoms with Crippen molar-refractivity contribution in [3.63, 3.8) is 0 Å². The number of pyridine rings is 1. The van der Waals surface area contributed by atoms with Crippen LogP contribution >= 0.6 is 0 Å². The summed E-state index contributed by atoms with van der Waals surface area (Å²) < 4.78 is 11.0. The van der Waals surface area contributed by atoms with E-state index in [0.717, 1.165) is 31.7 Å². The molecule has 0 bridgehead atoms. The summed E-state index contributed by atoms with van der Waals surface area (Å²) in [5.41, 5.74) is 5.32. The van der Waals surface area contributed by atoms with E-state index in [1.807, 2.05) is 6.07 Å². The number of hydrogen-bond donors (Lipinski definition) is 2.